The second kappa shape index (κ2) is 8.93. The molecule has 0 saturated heterocycles. The van der Waals surface area contributed by atoms with Crippen molar-refractivity contribution >= 4 is 23.4 Å². The van der Waals surface area contributed by atoms with Crippen LogP contribution in [0.3, 0.4) is 0 Å². The Morgan fingerprint density at radius 1 is 1.33 bits per heavy atom. The summed E-state index contributed by atoms with van der Waals surface area (Å²) < 4.78 is 15.7. The second-order valence-corrected chi connectivity index (χ2v) is 4.23. The monoisotopic (exact) mass is 312 g/mol. The number of anilines is 1. The molecule has 1 aromatic rings. The van der Waals surface area contributed by atoms with Gasteiger partial charge in [0.25, 0.3) is 0 Å². The van der Waals surface area contributed by atoms with Crippen LogP contribution in [0.25, 0.3) is 0 Å². The zero-order valence-electron chi connectivity index (χ0n) is 11.9. The van der Waals surface area contributed by atoms with Gasteiger partial charge in [0, 0.05) is 11.8 Å². The van der Waals surface area contributed by atoms with Crippen molar-refractivity contribution in [3.05, 3.63) is 17.2 Å². The first-order valence-electron chi connectivity index (χ1n) is 6.52. The molecule has 1 amide bonds. The van der Waals surface area contributed by atoms with Crippen LogP contribution in [0.1, 0.15) is 20.3 Å². The van der Waals surface area contributed by atoms with Crippen molar-refractivity contribution in [2.24, 2.45) is 0 Å². The second-order valence-electron chi connectivity index (χ2n) is 3.82. The third kappa shape index (κ3) is 5.40. The van der Waals surface area contributed by atoms with Gasteiger partial charge in [-0.05, 0) is 19.9 Å². The number of hydrogen-bond acceptors (Lipinski definition) is 5. The summed E-state index contributed by atoms with van der Waals surface area (Å²) in [6.45, 7) is 4.59. The van der Waals surface area contributed by atoms with Crippen molar-refractivity contribution in [2.75, 3.05) is 25.1 Å². The third-order valence-corrected chi connectivity index (χ3v) is 2.57. The first-order valence-corrected chi connectivity index (χ1v) is 6.90. The van der Waals surface area contributed by atoms with Crippen LogP contribution in [0.15, 0.2) is 12.1 Å². The summed E-state index contributed by atoms with van der Waals surface area (Å²) in [5.41, 5.74) is 0.425. The summed E-state index contributed by atoms with van der Waals surface area (Å²) in [6.07, 6.45) is -0.519. The first kappa shape index (κ1) is 16.9. The SMILES string of the molecule is CCOc1cc(NC(=O)OCCC#N)cc(Cl)c1OCC. The van der Waals surface area contributed by atoms with E-state index in [1.165, 1.54) is 0 Å². The van der Waals surface area contributed by atoms with E-state index in [2.05, 4.69) is 5.32 Å². The molecular weight excluding hydrogens is 296 g/mol. The molecule has 0 fully saturated rings. The maximum atomic E-state index is 11.5. The molecule has 0 unspecified atom stereocenters. The molecule has 1 aromatic carbocycles. The number of amides is 1. The zero-order valence-corrected chi connectivity index (χ0v) is 12.7. The van der Waals surface area contributed by atoms with Gasteiger partial charge in [-0.25, -0.2) is 4.79 Å². The van der Waals surface area contributed by atoms with Gasteiger partial charge in [-0.2, -0.15) is 5.26 Å². The van der Waals surface area contributed by atoms with E-state index in [-0.39, 0.29) is 13.0 Å². The Morgan fingerprint density at radius 3 is 2.67 bits per heavy atom. The molecule has 6 nitrogen and oxygen atoms in total. The van der Waals surface area contributed by atoms with Crippen molar-refractivity contribution < 1.29 is 19.0 Å². The Kier molecular flexibility index (Phi) is 7.19. The fourth-order valence-electron chi connectivity index (χ4n) is 1.53. The van der Waals surface area contributed by atoms with E-state index in [9.17, 15) is 4.79 Å². The maximum Gasteiger partial charge on any atom is 0.411 e. The third-order valence-electron chi connectivity index (χ3n) is 2.29. The summed E-state index contributed by atoms with van der Waals surface area (Å²) >= 11 is 6.12. The Hall–Kier alpha value is -2.13. The Balaban J connectivity index is 2.84. The normalized spacial score (nSPS) is 9.62. The van der Waals surface area contributed by atoms with Gasteiger partial charge in [-0.15, -0.1) is 0 Å². The lowest BCUT2D eigenvalue weighted by molar-refractivity contribution is 0.164. The molecule has 0 aliphatic heterocycles. The van der Waals surface area contributed by atoms with Crippen molar-refractivity contribution in [3.63, 3.8) is 0 Å². The lowest BCUT2D eigenvalue weighted by Crippen LogP contribution is -2.14. The van der Waals surface area contributed by atoms with Gasteiger partial charge < -0.3 is 14.2 Å². The van der Waals surface area contributed by atoms with E-state index in [0.717, 1.165) is 0 Å². The highest BCUT2D eigenvalue weighted by atomic mass is 35.5. The number of ether oxygens (including phenoxy) is 3. The number of carbonyl (C=O) groups excluding carboxylic acids is 1. The van der Waals surface area contributed by atoms with Crippen LogP contribution in [0.2, 0.25) is 5.02 Å². The van der Waals surface area contributed by atoms with Gasteiger partial charge >= 0.3 is 6.09 Å². The van der Waals surface area contributed by atoms with Crippen LogP contribution in [0, 0.1) is 11.3 Å². The predicted octanol–water partition coefficient (Wildman–Crippen LogP) is 3.60. The fourth-order valence-corrected chi connectivity index (χ4v) is 1.80. The molecule has 1 rings (SSSR count). The van der Waals surface area contributed by atoms with Crippen LogP contribution in [0.5, 0.6) is 11.5 Å². The molecule has 7 heteroatoms. The largest absolute Gasteiger partial charge is 0.490 e. The standard InChI is InChI=1S/C14H17ClN2O4/c1-3-19-12-9-10(8-11(15)13(12)20-4-2)17-14(18)21-7-5-6-16/h8-9H,3-5,7H2,1-2H3,(H,17,18). The van der Waals surface area contributed by atoms with Crippen LogP contribution in [0.4, 0.5) is 10.5 Å². The van der Waals surface area contributed by atoms with E-state index < -0.39 is 6.09 Å². The van der Waals surface area contributed by atoms with Crippen molar-refractivity contribution in [1.82, 2.24) is 0 Å². The van der Waals surface area contributed by atoms with Crippen LogP contribution < -0.4 is 14.8 Å². The lowest BCUT2D eigenvalue weighted by Gasteiger charge is -2.14. The average molecular weight is 313 g/mol. The highest BCUT2D eigenvalue weighted by Crippen LogP contribution is 2.38. The Morgan fingerprint density at radius 2 is 2.05 bits per heavy atom. The van der Waals surface area contributed by atoms with Gasteiger partial charge in [-0.3, -0.25) is 5.32 Å². The first-order chi connectivity index (χ1) is 10.1. The van der Waals surface area contributed by atoms with Gasteiger partial charge in [0.2, 0.25) is 0 Å². The van der Waals surface area contributed by atoms with Gasteiger partial charge in [0.05, 0.1) is 30.7 Å². The average Bonchev–Trinajstić information content (AvgIpc) is 2.43. The summed E-state index contributed by atoms with van der Waals surface area (Å²) in [6, 6.07) is 5.03. The van der Waals surface area contributed by atoms with Crippen LogP contribution in [-0.2, 0) is 4.74 Å². The van der Waals surface area contributed by atoms with Crippen molar-refractivity contribution in [3.8, 4) is 17.6 Å². The highest BCUT2D eigenvalue weighted by Gasteiger charge is 2.14. The number of nitrogens with one attached hydrogen (secondary N) is 1. The van der Waals surface area contributed by atoms with E-state index in [1.807, 2.05) is 19.9 Å². The van der Waals surface area contributed by atoms with E-state index in [4.69, 9.17) is 31.1 Å². The number of nitrogens with zero attached hydrogens (tertiary/aromatic N) is 1. The minimum Gasteiger partial charge on any atom is -0.490 e. The minimum absolute atomic E-state index is 0.0331. The highest BCUT2D eigenvalue weighted by molar-refractivity contribution is 6.32. The number of carbonyl (C=O) groups is 1. The maximum absolute atomic E-state index is 11.5. The molecule has 114 valence electrons. The molecule has 0 aromatic heterocycles. The molecule has 0 spiro atoms. The fraction of sp³-hybridized carbons (Fsp3) is 0.429. The predicted molar refractivity (Wildman–Crippen MR) is 79.0 cm³/mol. The summed E-state index contributed by atoms with van der Waals surface area (Å²) in [5, 5.41) is 11.2. The van der Waals surface area contributed by atoms with E-state index in [0.29, 0.717) is 35.4 Å². The molecule has 0 atom stereocenters. The Labute approximate surface area is 128 Å². The molecule has 0 heterocycles. The van der Waals surface area contributed by atoms with Crippen LogP contribution in [-0.4, -0.2) is 25.9 Å². The van der Waals surface area contributed by atoms with Crippen molar-refractivity contribution in [1.29, 1.82) is 5.26 Å². The number of benzene rings is 1. The molecule has 0 radical (unpaired) electrons. The number of rotatable bonds is 7. The van der Waals surface area contributed by atoms with Gasteiger partial charge in [-0.1, -0.05) is 11.6 Å². The van der Waals surface area contributed by atoms with Gasteiger partial charge in [0.1, 0.15) is 6.61 Å². The smallest absolute Gasteiger partial charge is 0.411 e. The summed E-state index contributed by atoms with van der Waals surface area (Å²) in [4.78, 5) is 11.5. The molecule has 0 bridgehead atoms. The van der Waals surface area contributed by atoms with E-state index >= 15 is 0 Å². The zero-order chi connectivity index (χ0) is 15.7. The summed E-state index contributed by atoms with van der Waals surface area (Å²) in [7, 11) is 0. The molecule has 1 N–H and O–H groups in total. The molecular formula is C14H17ClN2O4. The van der Waals surface area contributed by atoms with Crippen LogP contribution >= 0.6 is 11.6 Å². The Bertz CT molecular complexity index is 528. The molecule has 0 aliphatic carbocycles. The number of hydrogen-bond donors (Lipinski definition) is 1. The minimum atomic E-state index is -0.659. The van der Waals surface area contributed by atoms with Gasteiger partial charge in [0.15, 0.2) is 11.5 Å². The number of nitriles is 1. The molecule has 0 aliphatic rings. The lowest BCUT2D eigenvalue weighted by atomic mass is 10.2. The van der Waals surface area contributed by atoms with E-state index in [1.54, 1.807) is 12.1 Å². The summed E-state index contributed by atoms with van der Waals surface area (Å²) in [5.74, 6) is 0.878. The molecule has 21 heavy (non-hydrogen) atoms. The molecule has 0 saturated carbocycles. The topological polar surface area (TPSA) is 80.6 Å². The quantitative estimate of drug-likeness (QED) is 0.778. The number of halogens is 1. The van der Waals surface area contributed by atoms with Crippen molar-refractivity contribution in [2.45, 2.75) is 20.3 Å².